The summed E-state index contributed by atoms with van der Waals surface area (Å²) in [7, 11) is -0.0162. The van der Waals surface area contributed by atoms with E-state index in [9.17, 15) is 13.2 Å². The average Bonchev–Trinajstić information content (AvgIpc) is 2.46. The maximum absolute atomic E-state index is 12.0. The van der Waals surface area contributed by atoms with Crippen molar-refractivity contribution in [1.29, 1.82) is 0 Å². The molecule has 1 N–H and O–H groups in total. The number of hydrogen-bond donors (Lipinski definition) is 1. The molecular formula is C14H23N3O3S2. The van der Waals surface area contributed by atoms with Gasteiger partial charge in [-0.2, -0.15) is 0 Å². The molecule has 0 heterocycles. The minimum Gasteiger partial charge on any atom is -0.337 e. The lowest BCUT2D eigenvalue weighted by Crippen LogP contribution is -2.41. The Hall–Kier alpha value is -1.25. The first-order valence-electron chi connectivity index (χ1n) is 6.77. The molecular weight excluding hydrogens is 322 g/mol. The smallest absolute Gasteiger partial charge is 0.317 e. The van der Waals surface area contributed by atoms with E-state index in [2.05, 4.69) is 5.32 Å². The lowest BCUT2D eigenvalue weighted by atomic mass is 10.2. The van der Waals surface area contributed by atoms with Gasteiger partial charge >= 0.3 is 6.03 Å². The highest BCUT2D eigenvalue weighted by molar-refractivity contribution is 7.98. The molecule has 0 atom stereocenters. The van der Waals surface area contributed by atoms with Crippen LogP contribution in [0.2, 0.25) is 0 Å². The molecule has 6 nitrogen and oxygen atoms in total. The van der Waals surface area contributed by atoms with E-state index < -0.39 is 10.0 Å². The minimum atomic E-state index is -3.21. The van der Waals surface area contributed by atoms with Crippen molar-refractivity contribution in [3.05, 3.63) is 29.8 Å². The van der Waals surface area contributed by atoms with Crippen LogP contribution in [-0.2, 0) is 16.6 Å². The molecule has 124 valence electrons. The predicted molar refractivity (Wildman–Crippen MR) is 90.6 cm³/mol. The van der Waals surface area contributed by atoms with Crippen molar-refractivity contribution in [3.8, 4) is 0 Å². The van der Waals surface area contributed by atoms with E-state index in [4.69, 9.17) is 0 Å². The maximum atomic E-state index is 12.0. The molecule has 0 fully saturated rings. The van der Waals surface area contributed by atoms with Crippen molar-refractivity contribution in [2.45, 2.75) is 11.4 Å². The summed E-state index contributed by atoms with van der Waals surface area (Å²) < 4.78 is 23.7. The van der Waals surface area contributed by atoms with Crippen LogP contribution in [0.4, 0.5) is 4.79 Å². The largest absolute Gasteiger partial charge is 0.337 e. The highest BCUT2D eigenvalue weighted by atomic mass is 32.2. The number of nitrogens with one attached hydrogen (secondary N) is 1. The fraction of sp³-hybridized carbons (Fsp3) is 0.500. The van der Waals surface area contributed by atoms with E-state index >= 15 is 0 Å². The van der Waals surface area contributed by atoms with Gasteiger partial charge in [-0.15, -0.1) is 11.8 Å². The molecule has 0 aliphatic carbocycles. The summed E-state index contributed by atoms with van der Waals surface area (Å²) in [5.74, 6) is 0. The summed E-state index contributed by atoms with van der Waals surface area (Å²) in [5.41, 5.74) is 1.05. The first-order chi connectivity index (χ1) is 10.2. The van der Waals surface area contributed by atoms with Crippen molar-refractivity contribution in [2.24, 2.45) is 0 Å². The summed E-state index contributed by atoms with van der Waals surface area (Å²) in [4.78, 5) is 14.7. The lowest BCUT2D eigenvalue weighted by molar-refractivity contribution is 0.206. The predicted octanol–water partition coefficient (Wildman–Crippen LogP) is 1.44. The van der Waals surface area contributed by atoms with Gasteiger partial charge in [0.05, 0.1) is 6.26 Å². The zero-order chi connectivity index (χ0) is 16.8. The molecule has 0 spiro atoms. The Morgan fingerprint density at radius 3 is 2.59 bits per heavy atom. The maximum Gasteiger partial charge on any atom is 0.317 e. The number of urea groups is 1. The first-order valence-corrected chi connectivity index (χ1v) is 9.84. The second kappa shape index (κ2) is 8.40. The van der Waals surface area contributed by atoms with E-state index in [1.54, 1.807) is 23.7 Å². The van der Waals surface area contributed by atoms with Crippen LogP contribution < -0.4 is 5.32 Å². The third-order valence-electron chi connectivity index (χ3n) is 3.17. The number of nitrogens with zero attached hydrogens (tertiary/aromatic N) is 2. The monoisotopic (exact) mass is 345 g/mol. The Bertz CT molecular complexity index is 605. The number of carbonyl (C=O) groups is 1. The number of sulfonamides is 1. The topological polar surface area (TPSA) is 69.7 Å². The van der Waals surface area contributed by atoms with Crippen LogP contribution >= 0.6 is 11.8 Å². The van der Waals surface area contributed by atoms with E-state index in [1.807, 2.05) is 30.5 Å². The highest BCUT2D eigenvalue weighted by Gasteiger charge is 2.12. The van der Waals surface area contributed by atoms with Crippen molar-refractivity contribution in [1.82, 2.24) is 14.5 Å². The molecule has 0 bridgehead atoms. The van der Waals surface area contributed by atoms with Crippen LogP contribution in [0.1, 0.15) is 5.56 Å². The zero-order valence-corrected chi connectivity index (χ0v) is 15.0. The fourth-order valence-electron chi connectivity index (χ4n) is 1.74. The van der Waals surface area contributed by atoms with Crippen LogP contribution in [0.5, 0.6) is 0 Å². The number of rotatable bonds is 7. The van der Waals surface area contributed by atoms with Gasteiger partial charge in [-0.3, -0.25) is 0 Å². The number of hydrogen-bond acceptors (Lipinski definition) is 4. The standard InChI is InChI=1S/C14H23N3O3S2/c1-16(11-12-6-5-7-13(10-12)21-3)14(18)15-8-9-17(2)22(4,19)20/h5-7,10H,8-9,11H2,1-4H3,(H,15,18). The Labute approximate surface area is 136 Å². The first kappa shape index (κ1) is 18.8. The van der Waals surface area contributed by atoms with E-state index in [0.717, 1.165) is 16.7 Å². The van der Waals surface area contributed by atoms with Gasteiger partial charge in [0, 0.05) is 38.6 Å². The number of benzene rings is 1. The summed E-state index contributed by atoms with van der Waals surface area (Å²) in [6.45, 7) is 1.03. The van der Waals surface area contributed by atoms with Crippen LogP contribution in [0.25, 0.3) is 0 Å². The molecule has 0 aliphatic heterocycles. The van der Waals surface area contributed by atoms with Gasteiger partial charge in [0.25, 0.3) is 0 Å². The molecule has 1 aromatic carbocycles. The molecule has 2 amide bonds. The van der Waals surface area contributed by atoms with Crippen LogP contribution in [-0.4, -0.2) is 63.4 Å². The Kier molecular flexibility index (Phi) is 7.18. The zero-order valence-electron chi connectivity index (χ0n) is 13.4. The van der Waals surface area contributed by atoms with Gasteiger partial charge in [0.2, 0.25) is 10.0 Å². The normalized spacial score (nSPS) is 11.5. The molecule has 1 aromatic rings. The van der Waals surface area contributed by atoms with Crippen molar-refractivity contribution in [2.75, 3.05) is 39.7 Å². The Morgan fingerprint density at radius 2 is 2.00 bits per heavy atom. The fourth-order valence-corrected chi connectivity index (χ4v) is 2.64. The highest BCUT2D eigenvalue weighted by Crippen LogP contribution is 2.16. The molecule has 1 rings (SSSR count). The molecule has 8 heteroatoms. The van der Waals surface area contributed by atoms with Gasteiger partial charge in [-0.05, 0) is 24.0 Å². The van der Waals surface area contributed by atoms with Crippen LogP contribution in [0.3, 0.4) is 0 Å². The van der Waals surface area contributed by atoms with E-state index in [0.29, 0.717) is 6.54 Å². The molecule has 0 saturated heterocycles. The summed E-state index contributed by atoms with van der Waals surface area (Å²) in [5, 5.41) is 2.71. The number of amides is 2. The minimum absolute atomic E-state index is 0.226. The molecule has 0 radical (unpaired) electrons. The molecule has 0 aliphatic rings. The van der Waals surface area contributed by atoms with Crippen molar-refractivity contribution in [3.63, 3.8) is 0 Å². The van der Waals surface area contributed by atoms with Crippen LogP contribution in [0.15, 0.2) is 29.2 Å². The van der Waals surface area contributed by atoms with E-state index in [1.165, 1.54) is 11.4 Å². The SMILES string of the molecule is CSc1cccc(CN(C)C(=O)NCCN(C)S(C)(=O)=O)c1. The lowest BCUT2D eigenvalue weighted by Gasteiger charge is -2.20. The van der Waals surface area contributed by atoms with E-state index in [-0.39, 0.29) is 19.1 Å². The number of thioether (sulfide) groups is 1. The van der Waals surface area contributed by atoms with Crippen molar-refractivity contribution >= 4 is 27.8 Å². The molecule has 22 heavy (non-hydrogen) atoms. The summed E-state index contributed by atoms with van der Waals surface area (Å²) in [6, 6.07) is 7.78. The summed E-state index contributed by atoms with van der Waals surface area (Å²) >= 11 is 1.66. The number of likely N-dealkylation sites (N-methyl/N-ethyl adjacent to an activating group) is 1. The van der Waals surface area contributed by atoms with Crippen molar-refractivity contribution < 1.29 is 13.2 Å². The third-order valence-corrected chi connectivity index (χ3v) is 5.21. The second-order valence-electron chi connectivity index (χ2n) is 5.02. The summed E-state index contributed by atoms with van der Waals surface area (Å²) in [6.07, 6.45) is 3.15. The van der Waals surface area contributed by atoms with Gasteiger partial charge in [-0.1, -0.05) is 12.1 Å². The number of carbonyl (C=O) groups excluding carboxylic acids is 1. The Balaban J connectivity index is 2.45. The molecule has 0 aromatic heterocycles. The van der Waals surface area contributed by atoms with Crippen LogP contribution in [0, 0.1) is 0 Å². The van der Waals surface area contributed by atoms with Gasteiger partial charge in [0.15, 0.2) is 0 Å². The average molecular weight is 345 g/mol. The van der Waals surface area contributed by atoms with Gasteiger partial charge in [0.1, 0.15) is 0 Å². The molecule has 0 saturated carbocycles. The third kappa shape index (κ3) is 6.25. The quantitative estimate of drug-likeness (QED) is 0.759. The van der Waals surface area contributed by atoms with Gasteiger partial charge < -0.3 is 10.2 Å². The molecule has 0 unspecified atom stereocenters. The second-order valence-corrected chi connectivity index (χ2v) is 7.99. The Morgan fingerprint density at radius 1 is 1.32 bits per heavy atom. The van der Waals surface area contributed by atoms with Gasteiger partial charge in [-0.25, -0.2) is 17.5 Å².